The molecule has 0 aliphatic rings. The Bertz CT molecular complexity index is 544. The van der Waals surface area contributed by atoms with Crippen molar-refractivity contribution in [3.05, 3.63) is 0 Å². The van der Waals surface area contributed by atoms with E-state index in [0.717, 1.165) is 0 Å². The zero-order valence-electron chi connectivity index (χ0n) is 13.6. The van der Waals surface area contributed by atoms with Gasteiger partial charge in [-0.15, -0.1) is 0 Å². The molecule has 168 valence electrons. The number of unbranched alkanes of at least 4 members (excludes halogenated alkanes) is 1. The molecule has 0 aromatic heterocycles. The third-order valence-electron chi connectivity index (χ3n) is 3.18. The average molecular weight is 449 g/mol. The third-order valence-corrected chi connectivity index (χ3v) is 3.18. The molecule has 0 aliphatic carbocycles. The van der Waals surface area contributed by atoms with E-state index in [0.29, 0.717) is 6.42 Å². The van der Waals surface area contributed by atoms with Crippen molar-refractivity contribution in [1.82, 2.24) is 5.32 Å². The fourth-order valence-electron chi connectivity index (χ4n) is 1.47. The number of halogens is 13. The first-order valence-electron chi connectivity index (χ1n) is 7.07. The molecule has 1 N–H and O–H groups in total. The predicted molar refractivity (Wildman–Crippen MR) is 65.0 cm³/mol. The third kappa shape index (κ3) is 4.50. The number of alkyl halides is 13. The number of hydrogen-bond donors (Lipinski definition) is 1. The van der Waals surface area contributed by atoms with Crippen LogP contribution < -0.4 is 5.32 Å². The lowest BCUT2D eigenvalue weighted by Crippen LogP contribution is -2.70. The summed E-state index contributed by atoms with van der Waals surface area (Å²) >= 11 is 0. The molecule has 0 fully saturated rings. The van der Waals surface area contributed by atoms with Crippen LogP contribution in [-0.2, 0) is 4.74 Å². The number of rotatable bonds is 9. The molecule has 0 rings (SSSR count). The number of nitrogens with one attached hydrogen (secondary N) is 1. The number of hydrogen-bond acceptors (Lipinski definition) is 2. The van der Waals surface area contributed by atoms with E-state index in [1.54, 1.807) is 12.2 Å². The summed E-state index contributed by atoms with van der Waals surface area (Å²) in [6, 6.07) is 0. The van der Waals surface area contributed by atoms with E-state index in [1.807, 2.05) is 0 Å². The van der Waals surface area contributed by atoms with Gasteiger partial charge in [0.1, 0.15) is 0 Å². The van der Waals surface area contributed by atoms with Crippen molar-refractivity contribution >= 4 is 6.09 Å². The van der Waals surface area contributed by atoms with Gasteiger partial charge in [-0.05, 0) is 6.42 Å². The molecule has 0 saturated carbocycles. The number of alkyl carbamates (subject to hydrolysis) is 1. The van der Waals surface area contributed by atoms with Crippen LogP contribution in [0.5, 0.6) is 0 Å². The Morgan fingerprint density at radius 3 is 1.57 bits per heavy atom. The molecule has 0 bridgehead atoms. The lowest BCUT2D eigenvalue weighted by molar-refractivity contribution is -0.440. The van der Waals surface area contributed by atoms with Crippen LogP contribution in [0.15, 0.2) is 0 Å². The van der Waals surface area contributed by atoms with Gasteiger partial charge in [-0.1, -0.05) is 13.3 Å². The minimum Gasteiger partial charge on any atom is -0.443 e. The minimum absolute atomic E-state index is 0.235. The lowest BCUT2D eigenvalue weighted by atomic mass is 9.94. The Morgan fingerprint density at radius 1 is 0.750 bits per heavy atom. The fraction of sp³-hybridized carbons (Fsp3) is 0.917. The van der Waals surface area contributed by atoms with Crippen molar-refractivity contribution in [1.29, 1.82) is 0 Å². The van der Waals surface area contributed by atoms with Crippen LogP contribution in [0.3, 0.4) is 0 Å². The SMILES string of the molecule is CCCCNC(=O)OCC(F)(F)C(F)(F)C(F)(F)C(F)(F)C(F)(F)C(F)(F)F. The summed E-state index contributed by atoms with van der Waals surface area (Å²) in [5.41, 5.74) is 0. The quantitative estimate of drug-likeness (QED) is 0.386. The Balaban J connectivity index is 5.65. The first kappa shape index (κ1) is 26.4. The van der Waals surface area contributed by atoms with E-state index in [9.17, 15) is 61.9 Å². The van der Waals surface area contributed by atoms with E-state index in [-0.39, 0.29) is 13.0 Å². The molecule has 28 heavy (non-hydrogen) atoms. The van der Waals surface area contributed by atoms with Crippen LogP contribution >= 0.6 is 0 Å². The molecule has 1 amide bonds. The van der Waals surface area contributed by atoms with Crippen LogP contribution in [-0.4, -0.2) is 55.0 Å². The van der Waals surface area contributed by atoms with Crippen molar-refractivity contribution < 1.29 is 66.6 Å². The maximum absolute atomic E-state index is 13.3. The summed E-state index contributed by atoms with van der Waals surface area (Å²) in [6.07, 6.45) is -8.66. The van der Waals surface area contributed by atoms with Gasteiger partial charge in [-0.2, -0.15) is 57.1 Å². The monoisotopic (exact) mass is 449 g/mol. The van der Waals surface area contributed by atoms with Gasteiger partial charge in [-0.25, -0.2) is 4.79 Å². The first-order chi connectivity index (χ1) is 12.2. The van der Waals surface area contributed by atoms with E-state index >= 15 is 0 Å². The van der Waals surface area contributed by atoms with Crippen molar-refractivity contribution in [3.63, 3.8) is 0 Å². The van der Waals surface area contributed by atoms with Crippen LogP contribution in [0.2, 0.25) is 0 Å². The topological polar surface area (TPSA) is 38.3 Å². The van der Waals surface area contributed by atoms with Crippen LogP contribution in [0.1, 0.15) is 19.8 Å². The van der Waals surface area contributed by atoms with E-state index in [1.165, 1.54) is 0 Å². The van der Waals surface area contributed by atoms with Gasteiger partial charge in [0.05, 0.1) is 0 Å². The van der Waals surface area contributed by atoms with E-state index in [4.69, 9.17) is 0 Å². The summed E-state index contributed by atoms with van der Waals surface area (Å²) in [4.78, 5) is 10.9. The molecule has 0 aromatic rings. The van der Waals surface area contributed by atoms with E-state index in [2.05, 4.69) is 4.74 Å². The smallest absolute Gasteiger partial charge is 0.443 e. The number of ether oxygens (including phenoxy) is 1. The van der Waals surface area contributed by atoms with Gasteiger partial charge in [0, 0.05) is 6.54 Å². The highest BCUT2D eigenvalue weighted by atomic mass is 19.4. The lowest BCUT2D eigenvalue weighted by Gasteiger charge is -2.39. The van der Waals surface area contributed by atoms with Crippen LogP contribution in [0.4, 0.5) is 61.9 Å². The summed E-state index contributed by atoms with van der Waals surface area (Å²) in [5, 5.41) is 1.68. The van der Waals surface area contributed by atoms with Crippen molar-refractivity contribution in [2.24, 2.45) is 0 Å². The minimum atomic E-state index is -7.98. The number of amides is 1. The van der Waals surface area contributed by atoms with Gasteiger partial charge in [0.15, 0.2) is 6.61 Å². The summed E-state index contributed by atoms with van der Waals surface area (Å²) in [7, 11) is 0. The van der Waals surface area contributed by atoms with Gasteiger partial charge in [-0.3, -0.25) is 0 Å². The Labute approximate surface area is 148 Å². The molecule has 0 radical (unpaired) electrons. The predicted octanol–water partition coefficient (Wildman–Crippen LogP) is 5.25. The molecule has 0 aromatic carbocycles. The normalized spacial score (nSPS) is 14.8. The van der Waals surface area contributed by atoms with Crippen LogP contribution in [0, 0.1) is 0 Å². The van der Waals surface area contributed by atoms with Crippen molar-refractivity contribution in [2.75, 3.05) is 13.2 Å². The van der Waals surface area contributed by atoms with Crippen molar-refractivity contribution in [3.8, 4) is 0 Å². The average Bonchev–Trinajstić information content (AvgIpc) is 2.51. The molecule has 0 aliphatic heterocycles. The Morgan fingerprint density at radius 2 is 1.18 bits per heavy atom. The van der Waals surface area contributed by atoms with Crippen LogP contribution in [0.25, 0.3) is 0 Å². The molecule has 16 heteroatoms. The second kappa shape index (κ2) is 8.00. The molecule has 3 nitrogen and oxygen atoms in total. The molecule has 0 spiro atoms. The zero-order chi connectivity index (χ0) is 22.8. The molecule has 0 saturated heterocycles. The van der Waals surface area contributed by atoms with Gasteiger partial charge < -0.3 is 10.1 Å². The highest BCUT2D eigenvalue weighted by Crippen LogP contribution is 2.60. The van der Waals surface area contributed by atoms with Crippen molar-refractivity contribution in [2.45, 2.75) is 55.6 Å². The summed E-state index contributed by atoms with van der Waals surface area (Å²) < 4.78 is 169. The zero-order valence-corrected chi connectivity index (χ0v) is 13.6. The summed E-state index contributed by atoms with van der Waals surface area (Å²) in [5.74, 6) is -37.6. The maximum Gasteiger partial charge on any atom is 0.460 e. The second-order valence-corrected chi connectivity index (χ2v) is 5.36. The Kier molecular flexibility index (Phi) is 7.54. The van der Waals surface area contributed by atoms with Gasteiger partial charge in [0.2, 0.25) is 0 Å². The largest absolute Gasteiger partial charge is 0.460 e. The van der Waals surface area contributed by atoms with Gasteiger partial charge in [0.25, 0.3) is 0 Å². The molecular weight excluding hydrogens is 437 g/mol. The maximum atomic E-state index is 13.3. The van der Waals surface area contributed by atoms with Gasteiger partial charge >= 0.3 is 41.9 Å². The number of carbonyl (C=O) groups is 1. The number of carbonyl (C=O) groups excluding carboxylic acids is 1. The second-order valence-electron chi connectivity index (χ2n) is 5.36. The fourth-order valence-corrected chi connectivity index (χ4v) is 1.47. The molecule has 0 unspecified atom stereocenters. The summed E-state index contributed by atoms with van der Waals surface area (Å²) in [6.45, 7) is -1.66. The first-order valence-corrected chi connectivity index (χ1v) is 7.07. The highest BCUT2D eigenvalue weighted by Gasteiger charge is 2.90. The molecule has 0 atom stereocenters. The molecule has 0 heterocycles. The standard InChI is InChI=1S/C12H12F13NO2/c1-2-3-4-26-6(27)28-5-7(13,14)8(15,16)9(17,18)10(19,20)11(21,22)12(23,24)25/h2-5H2,1H3,(H,26,27). The highest BCUT2D eigenvalue weighted by molar-refractivity contribution is 5.67. The molecular formula is C12H12F13NO2. The van der Waals surface area contributed by atoms with E-state index < -0.39 is 48.5 Å². The Hall–Kier alpha value is -1.64.